The fourth-order valence-electron chi connectivity index (χ4n) is 3.32. The van der Waals surface area contributed by atoms with E-state index in [1.165, 1.54) is 0 Å². The van der Waals surface area contributed by atoms with Crippen LogP contribution in [0.2, 0.25) is 10.0 Å². The van der Waals surface area contributed by atoms with Crippen molar-refractivity contribution in [3.63, 3.8) is 0 Å². The van der Waals surface area contributed by atoms with Crippen LogP contribution in [0, 0.1) is 0 Å². The van der Waals surface area contributed by atoms with Crippen LogP contribution >= 0.6 is 23.2 Å². The van der Waals surface area contributed by atoms with Crippen molar-refractivity contribution in [3.05, 3.63) is 64.1 Å². The average Bonchev–Trinajstić information content (AvgIpc) is 2.73. The van der Waals surface area contributed by atoms with Gasteiger partial charge in [0, 0.05) is 37.7 Å². The number of rotatable bonds is 8. The van der Waals surface area contributed by atoms with Crippen LogP contribution in [0.25, 0.3) is 0 Å². The minimum atomic E-state index is -0.0866. The van der Waals surface area contributed by atoms with Gasteiger partial charge in [-0.1, -0.05) is 47.5 Å². The Morgan fingerprint density at radius 3 is 2.07 bits per heavy atom. The highest BCUT2D eigenvalue weighted by molar-refractivity contribution is 6.33. The maximum Gasteiger partial charge on any atom is 0.238 e. The molecule has 0 atom stereocenters. The number of carbonyl (C=O) groups excluding carboxylic acids is 2. The second-order valence-corrected chi connectivity index (χ2v) is 8.15. The van der Waals surface area contributed by atoms with Crippen molar-refractivity contribution >= 4 is 40.7 Å². The van der Waals surface area contributed by atoms with Crippen molar-refractivity contribution < 1.29 is 9.59 Å². The molecule has 0 unspecified atom stereocenters. The molecule has 1 fully saturated rings. The number of amides is 2. The van der Waals surface area contributed by atoms with E-state index >= 15 is 0 Å². The van der Waals surface area contributed by atoms with Gasteiger partial charge in [-0.2, -0.15) is 0 Å². The van der Waals surface area contributed by atoms with E-state index in [4.69, 9.17) is 23.2 Å². The lowest BCUT2D eigenvalue weighted by atomic mass is 10.1. The van der Waals surface area contributed by atoms with Gasteiger partial charge in [0.2, 0.25) is 11.8 Å². The number of nitrogens with zero attached hydrogens (tertiary/aromatic N) is 2. The third-order valence-corrected chi connectivity index (χ3v) is 5.58. The van der Waals surface area contributed by atoms with Gasteiger partial charge in [0.1, 0.15) is 0 Å². The molecule has 160 valence electrons. The largest absolute Gasteiger partial charge is 0.355 e. The molecule has 0 bridgehead atoms. The summed E-state index contributed by atoms with van der Waals surface area (Å²) in [7, 11) is 0. The molecule has 30 heavy (non-hydrogen) atoms. The number of para-hydroxylation sites is 1. The fourth-order valence-corrected chi connectivity index (χ4v) is 3.63. The number of nitrogens with one attached hydrogen (secondary N) is 2. The van der Waals surface area contributed by atoms with Crippen molar-refractivity contribution in [2.75, 3.05) is 51.1 Å². The number of hydrogen-bond donors (Lipinski definition) is 2. The molecular weight excluding hydrogens is 423 g/mol. The molecule has 1 saturated heterocycles. The molecule has 2 aromatic rings. The Balaban J connectivity index is 1.32. The van der Waals surface area contributed by atoms with Gasteiger partial charge in [-0.15, -0.1) is 0 Å². The van der Waals surface area contributed by atoms with E-state index in [-0.39, 0.29) is 11.8 Å². The van der Waals surface area contributed by atoms with E-state index < -0.39 is 0 Å². The zero-order valence-electron chi connectivity index (χ0n) is 16.7. The molecule has 1 aliphatic rings. The molecule has 0 radical (unpaired) electrons. The molecule has 0 aliphatic carbocycles. The standard InChI is InChI=1S/C22H26Cl2N4O2/c23-18-7-5-17(6-8-18)9-10-25-21(29)15-27-11-13-28(14-12-27)16-22(30)26-20-4-2-1-3-19(20)24/h1-8H,9-16H2,(H,25,29)(H,26,30). The molecular formula is C22H26Cl2N4O2. The highest BCUT2D eigenvalue weighted by atomic mass is 35.5. The SMILES string of the molecule is O=C(CN1CCN(CC(=O)Nc2ccccc2Cl)CC1)NCCc1ccc(Cl)cc1. The van der Waals surface area contributed by atoms with Crippen molar-refractivity contribution in [2.45, 2.75) is 6.42 Å². The van der Waals surface area contributed by atoms with Crippen LogP contribution in [0.3, 0.4) is 0 Å². The summed E-state index contributed by atoms with van der Waals surface area (Å²) >= 11 is 12.0. The Kier molecular flexibility index (Phi) is 8.51. The monoisotopic (exact) mass is 448 g/mol. The van der Waals surface area contributed by atoms with E-state index in [0.29, 0.717) is 35.4 Å². The van der Waals surface area contributed by atoms with E-state index in [1.807, 2.05) is 36.4 Å². The molecule has 0 saturated carbocycles. The Morgan fingerprint density at radius 2 is 1.43 bits per heavy atom. The fraction of sp³-hybridized carbons (Fsp3) is 0.364. The normalized spacial score (nSPS) is 15.0. The maximum atomic E-state index is 12.2. The first-order valence-electron chi connectivity index (χ1n) is 10.00. The van der Waals surface area contributed by atoms with Gasteiger partial charge in [-0.3, -0.25) is 19.4 Å². The third kappa shape index (κ3) is 7.29. The Hall–Kier alpha value is -2.12. The van der Waals surface area contributed by atoms with Crippen LogP contribution in [0.15, 0.2) is 48.5 Å². The predicted molar refractivity (Wildman–Crippen MR) is 121 cm³/mol. The summed E-state index contributed by atoms with van der Waals surface area (Å²) in [4.78, 5) is 28.6. The Labute approximate surface area is 187 Å². The van der Waals surface area contributed by atoms with Gasteiger partial charge >= 0.3 is 0 Å². The molecule has 8 heteroatoms. The summed E-state index contributed by atoms with van der Waals surface area (Å²) in [5.41, 5.74) is 1.77. The van der Waals surface area contributed by atoms with E-state index in [0.717, 1.165) is 38.2 Å². The first-order valence-corrected chi connectivity index (χ1v) is 10.8. The predicted octanol–water partition coefficient (Wildman–Crippen LogP) is 2.91. The van der Waals surface area contributed by atoms with E-state index in [9.17, 15) is 9.59 Å². The Morgan fingerprint density at radius 1 is 0.833 bits per heavy atom. The summed E-state index contributed by atoms with van der Waals surface area (Å²) in [5, 5.41) is 7.05. The Bertz CT molecular complexity index is 852. The summed E-state index contributed by atoms with van der Waals surface area (Å²) in [6, 6.07) is 14.8. The van der Waals surface area contributed by atoms with Crippen LogP contribution in [-0.4, -0.2) is 67.4 Å². The summed E-state index contributed by atoms with van der Waals surface area (Å²) in [5.74, 6) is -0.0645. The van der Waals surface area contributed by atoms with Crippen LogP contribution in [0.1, 0.15) is 5.56 Å². The lowest BCUT2D eigenvalue weighted by molar-refractivity contribution is -0.123. The highest BCUT2D eigenvalue weighted by Gasteiger charge is 2.20. The molecule has 1 aliphatic heterocycles. The van der Waals surface area contributed by atoms with Gasteiger partial charge in [0.05, 0.1) is 23.8 Å². The molecule has 2 N–H and O–H groups in total. The van der Waals surface area contributed by atoms with Crippen LogP contribution in [0.5, 0.6) is 0 Å². The van der Waals surface area contributed by atoms with Gasteiger partial charge in [0.25, 0.3) is 0 Å². The molecule has 3 rings (SSSR count). The third-order valence-electron chi connectivity index (χ3n) is 5.00. The summed E-state index contributed by atoms with van der Waals surface area (Å²) in [6.07, 6.45) is 0.775. The van der Waals surface area contributed by atoms with Crippen molar-refractivity contribution in [3.8, 4) is 0 Å². The smallest absolute Gasteiger partial charge is 0.238 e. The number of benzene rings is 2. The zero-order chi connectivity index (χ0) is 21.3. The molecule has 6 nitrogen and oxygen atoms in total. The quantitative estimate of drug-likeness (QED) is 0.651. The van der Waals surface area contributed by atoms with Crippen LogP contribution in [-0.2, 0) is 16.0 Å². The lowest BCUT2D eigenvalue weighted by Gasteiger charge is -2.33. The average molecular weight is 449 g/mol. The first kappa shape index (κ1) is 22.6. The van der Waals surface area contributed by atoms with Crippen LogP contribution < -0.4 is 10.6 Å². The second kappa shape index (κ2) is 11.3. The molecule has 1 heterocycles. The zero-order valence-corrected chi connectivity index (χ0v) is 18.3. The molecule has 0 aromatic heterocycles. The van der Waals surface area contributed by atoms with Gasteiger partial charge in [0.15, 0.2) is 0 Å². The number of halogens is 2. The van der Waals surface area contributed by atoms with Crippen molar-refractivity contribution in [1.29, 1.82) is 0 Å². The summed E-state index contributed by atoms with van der Waals surface area (Å²) < 4.78 is 0. The van der Waals surface area contributed by atoms with Gasteiger partial charge in [-0.05, 0) is 36.2 Å². The van der Waals surface area contributed by atoms with Gasteiger partial charge in [-0.25, -0.2) is 0 Å². The maximum absolute atomic E-state index is 12.2. The second-order valence-electron chi connectivity index (χ2n) is 7.31. The minimum Gasteiger partial charge on any atom is -0.355 e. The van der Waals surface area contributed by atoms with Gasteiger partial charge < -0.3 is 10.6 Å². The lowest BCUT2D eigenvalue weighted by Crippen LogP contribution is -2.51. The van der Waals surface area contributed by atoms with Crippen molar-refractivity contribution in [2.24, 2.45) is 0 Å². The van der Waals surface area contributed by atoms with Crippen molar-refractivity contribution in [1.82, 2.24) is 15.1 Å². The number of anilines is 1. The number of carbonyl (C=O) groups is 2. The minimum absolute atomic E-state index is 0.0221. The molecule has 0 spiro atoms. The molecule has 2 amide bonds. The summed E-state index contributed by atoms with van der Waals surface area (Å²) in [6.45, 7) is 4.28. The van der Waals surface area contributed by atoms with Crippen LogP contribution in [0.4, 0.5) is 5.69 Å². The first-order chi connectivity index (χ1) is 14.5. The highest BCUT2D eigenvalue weighted by Crippen LogP contribution is 2.20. The molecule has 2 aromatic carbocycles. The van der Waals surface area contributed by atoms with E-state index in [2.05, 4.69) is 20.4 Å². The van der Waals surface area contributed by atoms with E-state index in [1.54, 1.807) is 12.1 Å². The number of piperazine rings is 1. The number of hydrogen-bond acceptors (Lipinski definition) is 4. The topological polar surface area (TPSA) is 64.7 Å².